The van der Waals surface area contributed by atoms with E-state index in [0.717, 1.165) is 23.2 Å². The van der Waals surface area contributed by atoms with Crippen molar-refractivity contribution in [1.82, 2.24) is 20.2 Å². The predicted molar refractivity (Wildman–Crippen MR) is 125 cm³/mol. The van der Waals surface area contributed by atoms with Crippen LogP contribution in [0.1, 0.15) is 30.7 Å². The second kappa shape index (κ2) is 13.1. The minimum Gasteiger partial charge on any atom is -0.475 e. The number of ether oxygens (including phenoxy) is 2. The summed E-state index contributed by atoms with van der Waals surface area (Å²) in [7, 11) is 3.67. The van der Waals surface area contributed by atoms with E-state index in [4.69, 9.17) is 21.1 Å². The number of nitrogens with zero attached hydrogens (tertiary/aromatic N) is 4. The molecule has 0 aliphatic heterocycles. The molecule has 10 heteroatoms. The molecule has 2 aromatic rings. The van der Waals surface area contributed by atoms with Crippen molar-refractivity contribution in [1.29, 1.82) is 0 Å². The molecule has 0 saturated carbocycles. The molecule has 0 saturated heterocycles. The van der Waals surface area contributed by atoms with Crippen LogP contribution in [-0.2, 0) is 11.3 Å². The van der Waals surface area contributed by atoms with E-state index in [-0.39, 0.29) is 30.1 Å². The van der Waals surface area contributed by atoms with Crippen LogP contribution < -0.4 is 10.1 Å². The fourth-order valence-electron chi connectivity index (χ4n) is 2.24. The summed E-state index contributed by atoms with van der Waals surface area (Å²) in [6, 6.07) is 3.51. The Morgan fingerprint density at radius 2 is 2.25 bits per heavy atom. The van der Waals surface area contributed by atoms with E-state index in [1.165, 1.54) is 0 Å². The maximum atomic E-state index is 6.03. The van der Waals surface area contributed by atoms with Gasteiger partial charge in [0.2, 0.25) is 5.88 Å². The highest BCUT2D eigenvalue weighted by atomic mass is 127. The van der Waals surface area contributed by atoms with Gasteiger partial charge in [-0.1, -0.05) is 11.6 Å². The Hall–Kier alpha value is -1.17. The van der Waals surface area contributed by atoms with Gasteiger partial charge in [-0.3, -0.25) is 0 Å². The van der Waals surface area contributed by atoms with Crippen LogP contribution in [-0.4, -0.2) is 54.7 Å². The van der Waals surface area contributed by atoms with Gasteiger partial charge in [0.25, 0.3) is 0 Å². The molecule has 1 unspecified atom stereocenters. The van der Waals surface area contributed by atoms with Crippen LogP contribution in [0.3, 0.4) is 0 Å². The fraction of sp³-hybridized carbons (Fsp3) is 0.500. The van der Waals surface area contributed by atoms with Gasteiger partial charge in [0.15, 0.2) is 5.96 Å². The molecule has 1 atom stereocenters. The Labute approximate surface area is 192 Å². The zero-order valence-electron chi connectivity index (χ0n) is 16.5. The van der Waals surface area contributed by atoms with E-state index in [2.05, 4.69) is 25.7 Å². The van der Waals surface area contributed by atoms with Gasteiger partial charge in [-0.25, -0.2) is 15.0 Å². The summed E-state index contributed by atoms with van der Waals surface area (Å²) in [6.45, 7) is 6.35. The molecule has 0 amide bonds. The molecule has 2 aromatic heterocycles. The molecular weight excluding hydrogens is 513 g/mol. The summed E-state index contributed by atoms with van der Waals surface area (Å²) in [5.41, 5.74) is 0.989. The monoisotopic (exact) mass is 539 g/mol. The summed E-state index contributed by atoms with van der Waals surface area (Å²) >= 11 is 7.64. The highest BCUT2D eigenvalue weighted by molar-refractivity contribution is 14.0. The maximum Gasteiger partial charge on any atom is 0.232 e. The number of hydrogen-bond donors (Lipinski definition) is 1. The first-order valence-electron chi connectivity index (χ1n) is 8.75. The predicted octanol–water partition coefficient (Wildman–Crippen LogP) is 3.99. The van der Waals surface area contributed by atoms with Crippen molar-refractivity contribution in [2.75, 3.05) is 33.9 Å². The Bertz CT molecular complexity index is 746. The standard InChI is InChI=1S/C18H26ClN5O2S.HI/c1-5-20-18(22-9-10-26-16-15(19)7-6-8-21-16)24(3)11-14-12-27-17(23-14)13(2)25-4;/h6-8,12-13H,5,9-11H2,1-4H3,(H,20,22);1H. The minimum absolute atomic E-state index is 0. The zero-order valence-corrected chi connectivity index (χ0v) is 20.4. The van der Waals surface area contributed by atoms with Gasteiger partial charge in [0.05, 0.1) is 18.8 Å². The van der Waals surface area contributed by atoms with Gasteiger partial charge < -0.3 is 19.7 Å². The first-order chi connectivity index (χ1) is 13.0. The lowest BCUT2D eigenvalue weighted by Crippen LogP contribution is -2.38. The van der Waals surface area contributed by atoms with Crippen molar-refractivity contribution >= 4 is 52.9 Å². The van der Waals surface area contributed by atoms with Gasteiger partial charge in [-0.05, 0) is 26.0 Å². The third-order valence-corrected chi connectivity index (χ3v) is 5.03. The number of methoxy groups -OCH3 is 1. The average Bonchev–Trinajstić information content (AvgIpc) is 3.13. The molecular formula is C18H27ClIN5O2S. The molecule has 0 fully saturated rings. The van der Waals surface area contributed by atoms with Crippen molar-refractivity contribution in [3.8, 4) is 5.88 Å². The third kappa shape index (κ3) is 7.69. The van der Waals surface area contributed by atoms with Crippen LogP contribution in [0.25, 0.3) is 0 Å². The maximum absolute atomic E-state index is 6.03. The number of pyridine rings is 1. The van der Waals surface area contributed by atoms with Crippen LogP contribution in [0.4, 0.5) is 0 Å². The van der Waals surface area contributed by atoms with Crippen LogP contribution in [0.15, 0.2) is 28.7 Å². The van der Waals surface area contributed by atoms with Gasteiger partial charge in [0, 0.05) is 32.3 Å². The molecule has 7 nitrogen and oxygen atoms in total. The first-order valence-corrected chi connectivity index (χ1v) is 10.0. The third-order valence-electron chi connectivity index (χ3n) is 3.68. The van der Waals surface area contributed by atoms with Crippen LogP contribution >= 0.6 is 46.9 Å². The number of aliphatic imine (C=N–C) groups is 1. The summed E-state index contributed by atoms with van der Waals surface area (Å²) in [5, 5.41) is 6.81. The molecule has 0 spiro atoms. The molecule has 0 bridgehead atoms. The topological polar surface area (TPSA) is 71.9 Å². The van der Waals surface area contributed by atoms with E-state index < -0.39 is 0 Å². The van der Waals surface area contributed by atoms with E-state index in [1.54, 1.807) is 36.8 Å². The molecule has 0 aliphatic rings. The highest BCUT2D eigenvalue weighted by Crippen LogP contribution is 2.21. The van der Waals surface area contributed by atoms with E-state index in [9.17, 15) is 0 Å². The normalized spacial score (nSPS) is 12.2. The van der Waals surface area contributed by atoms with Crippen molar-refractivity contribution in [3.05, 3.63) is 39.4 Å². The molecule has 156 valence electrons. The summed E-state index contributed by atoms with van der Waals surface area (Å²) in [4.78, 5) is 15.4. The summed E-state index contributed by atoms with van der Waals surface area (Å²) in [5.74, 6) is 1.22. The van der Waals surface area contributed by atoms with E-state index in [1.807, 2.05) is 25.8 Å². The number of thiazole rings is 1. The zero-order chi connectivity index (χ0) is 19.6. The molecule has 0 radical (unpaired) electrons. The van der Waals surface area contributed by atoms with E-state index in [0.29, 0.717) is 30.6 Å². The SMILES string of the molecule is CCNC(=NCCOc1ncccc1Cl)N(C)Cc1csc(C(C)OC)n1.I. The highest BCUT2D eigenvalue weighted by Gasteiger charge is 2.12. The second-order valence-corrected chi connectivity index (χ2v) is 7.08. The lowest BCUT2D eigenvalue weighted by molar-refractivity contribution is 0.119. The van der Waals surface area contributed by atoms with Crippen molar-refractivity contribution in [2.45, 2.75) is 26.5 Å². The van der Waals surface area contributed by atoms with Crippen molar-refractivity contribution in [3.63, 3.8) is 0 Å². The molecule has 28 heavy (non-hydrogen) atoms. The summed E-state index contributed by atoms with van der Waals surface area (Å²) < 4.78 is 10.9. The first kappa shape index (κ1) is 24.9. The molecule has 0 aliphatic carbocycles. The molecule has 2 heterocycles. The van der Waals surface area contributed by atoms with Crippen molar-refractivity contribution in [2.24, 2.45) is 4.99 Å². The number of nitrogens with one attached hydrogen (secondary N) is 1. The number of halogens is 2. The smallest absolute Gasteiger partial charge is 0.232 e. The fourth-order valence-corrected chi connectivity index (χ4v) is 3.26. The van der Waals surface area contributed by atoms with Crippen LogP contribution in [0, 0.1) is 0 Å². The van der Waals surface area contributed by atoms with Crippen LogP contribution in [0.2, 0.25) is 5.02 Å². The Morgan fingerprint density at radius 3 is 2.93 bits per heavy atom. The van der Waals surface area contributed by atoms with Gasteiger partial charge >= 0.3 is 0 Å². The van der Waals surface area contributed by atoms with Crippen molar-refractivity contribution < 1.29 is 9.47 Å². The Morgan fingerprint density at radius 1 is 1.46 bits per heavy atom. The molecule has 1 N–H and O–H groups in total. The Kier molecular flexibility index (Phi) is 11.7. The lowest BCUT2D eigenvalue weighted by atomic mass is 10.4. The molecule has 2 rings (SSSR count). The lowest BCUT2D eigenvalue weighted by Gasteiger charge is -2.21. The second-order valence-electron chi connectivity index (χ2n) is 5.79. The van der Waals surface area contributed by atoms with Gasteiger partial charge in [0.1, 0.15) is 22.7 Å². The van der Waals surface area contributed by atoms with Gasteiger partial charge in [-0.15, -0.1) is 35.3 Å². The van der Waals surface area contributed by atoms with Gasteiger partial charge in [-0.2, -0.15) is 0 Å². The average molecular weight is 540 g/mol. The summed E-state index contributed by atoms with van der Waals surface area (Å²) in [6.07, 6.45) is 1.65. The number of rotatable bonds is 9. The Balaban J connectivity index is 0.00000392. The molecule has 0 aromatic carbocycles. The number of aromatic nitrogens is 2. The van der Waals surface area contributed by atoms with Crippen LogP contribution in [0.5, 0.6) is 5.88 Å². The number of hydrogen-bond acceptors (Lipinski definition) is 6. The largest absolute Gasteiger partial charge is 0.475 e. The number of guanidine groups is 1. The minimum atomic E-state index is 0. The quantitative estimate of drug-likeness (QED) is 0.225. The van der Waals surface area contributed by atoms with E-state index >= 15 is 0 Å².